The van der Waals surface area contributed by atoms with E-state index in [0.29, 0.717) is 0 Å². The van der Waals surface area contributed by atoms with Crippen molar-refractivity contribution in [2.75, 3.05) is 47.9 Å². The molecule has 0 amide bonds. The molecule has 7 aliphatic rings. The van der Waals surface area contributed by atoms with E-state index in [4.69, 9.17) is 21.3 Å². The highest BCUT2D eigenvalue weighted by Gasteiger charge is 2.59. The van der Waals surface area contributed by atoms with E-state index in [9.17, 15) is 0 Å². The molecule has 0 radical (unpaired) electrons. The monoisotopic (exact) mass is 1080 g/mol. The molecule has 5 aromatic carbocycles. The number of ether oxygens (including phenoxy) is 1. The highest BCUT2D eigenvalue weighted by Crippen LogP contribution is 2.57. The molecule has 2 aliphatic carbocycles. The number of likely N-dealkylation sites (N-methyl/N-ethyl adjacent to an activating group) is 1. The minimum Gasteiger partial charge on any atom is -0.459 e. The number of piperidine rings is 1. The second kappa shape index (κ2) is 22.4. The van der Waals surface area contributed by atoms with Gasteiger partial charge in [0.25, 0.3) is 0 Å². The van der Waals surface area contributed by atoms with Crippen LogP contribution in [0.3, 0.4) is 0 Å². The third kappa shape index (κ3) is 9.39. The number of hydrogen-bond donors (Lipinski definition) is 0. The van der Waals surface area contributed by atoms with Gasteiger partial charge in [-0.05, 0) is 147 Å². The van der Waals surface area contributed by atoms with Crippen molar-refractivity contribution in [2.45, 2.75) is 156 Å². The molecule has 6 nitrogen and oxygen atoms in total. The Balaban J connectivity index is 0.00000334. The van der Waals surface area contributed by atoms with E-state index < -0.39 is 5.72 Å². The lowest BCUT2D eigenvalue weighted by molar-refractivity contribution is 0.0775. The van der Waals surface area contributed by atoms with Gasteiger partial charge >= 0.3 is 0 Å². The Kier molecular flexibility index (Phi) is 15.5. The van der Waals surface area contributed by atoms with Gasteiger partial charge in [0.15, 0.2) is 5.75 Å². The first-order valence-corrected chi connectivity index (χ1v) is 30.8. The first-order valence-electron chi connectivity index (χ1n) is 30.4. The van der Waals surface area contributed by atoms with E-state index in [1.165, 1.54) is 103 Å². The van der Waals surface area contributed by atoms with Crippen molar-refractivity contribution < 1.29 is 4.74 Å². The molecular weight excluding hydrogens is 998 g/mol. The molecule has 416 valence electrons. The Morgan fingerprint density at radius 2 is 1.44 bits per heavy atom. The summed E-state index contributed by atoms with van der Waals surface area (Å²) in [5, 5.41) is 6.01. The van der Waals surface area contributed by atoms with Crippen LogP contribution < -0.4 is 19.4 Å². The first-order chi connectivity index (χ1) is 38.8. The van der Waals surface area contributed by atoms with Crippen molar-refractivity contribution in [1.82, 2.24) is 4.90 Å². The molecule has 7 heteroatoms. The molecule has 0 N–H and O–H groups in total. The van der Waals surface area contributed by atoms with Gasteiger partial charge in [-0.25, -0.2) is 0 Å². The second-order valence-electron chi connectivity index (χ2n) is 24.7. The van der Waals surface area contributed by atoms with E-state index in [0.717, 1.165) is 94.0 Å². The zero-order valence-corrected chi connectivity index (χ0v) is 50.4. The lowest BCUT2D eigenvalue weighted by Crippen LogP contribution is -2.62. The fourth-order valence-electron chi connectivity index (χ4n) is 14.9. The molecule has 1 fully saturated rings. The smallest absolute Gasteiger partial charge is 0.228 e. The Morgan fingerprint density at radius 1 is 0.725 bits per heavy atom. The van der Waals surface area contributed by atoms with Gasteiger partial charge < -0.3 is 24.3 Å². The van der Waals surface area contributed by atoms with E-state index in [1.807, 2.05) is 13.8 Å². The summed E-state index contributed by atoms with van der Waals surface area (Å²) < 4.78 is 7.54. The highest BCUT2D eigenvalue weighted by atomic mass is 35.5. The van der Waals surface area contributed by atoms with Crippen LogP contribution >= 0.6 is 11.6 Å². The summed E-state index contributed by atoms with van der Waals surface area (Å²) in [6.45, 7) is 24.5. The molecule has 0 bridgehead atoms. The van der Waals surface area contributed by atoms with E-state index in [-0.39, 0.29) is 22.3 Å². The lowest BCUT2D eigenvalue weighted by Gasteiger charge is -2.46. The maximum absolute atomic E-state index is 7.54. The van der Waals surface area contributed by atoms with E-state index in [2.05, 4.69) is 227 Å². The number of aliphatic imine (C=N–C) groups is 1. The molecule has 5 heterocycles. The normalized spacial score (nSPS) is 24.8. The summed E-state index contributed by atoms with van der Waals surface area (Å²) in [5.41, 5.74) is 14.0. The number of unbranched alkanes of at least 4 members (excludes halogenated alkanes) is 3. The van der Waals surface area contributed by atoms with Crippen LogP contribution in [0.5, 0.6) is 5.75 Å². The lowest BCUT2D eigenvalue weighted by atomic mass is 9.77. The zero-order chi connectivity index (χ0) is 56.0. The summed E-state index contributed by atoms with van der Waals surface area (Å²) >= 11 is 7.51. The Hall–Kier alpha value is -6.50. The molecule has 1 spiro atoms. The molecular formula is C73H86ClN5O. The number of allylic oxidation sites excluding steroid dienone is 13. The van der Waals surface area contributed by atoms with Gasteiger partial charge in [0.2, 0.25) is 5.72 Å². The second-order valence-corrected chi connectivity index (χ2v) is 25.0. The standard InChI is InChI=1S/C71H80ClN5O.C2H6/c1-9-49-27-14-12-15-36-58-64(49)68(2,3)62(74(58)8)41-38-51-29-26-30-52(66(51)72)39-42-63-69(4,5)65-53-31-17-16-28-50(53)37-40-59(65)76(63)45-24-10-11-25-46-77-57-35-21-20-34-56(57)70(6,7)71(77)48-73-67-55-33-19-18-32-54(55)60(47-61(67)78-71)75-43-22-13-23-44-75;1-2/h9,14-21,27-28,31-42,47-48,63H,10-13,22-26,29-30,43-46H2,1-8H3;1-2H3/b27-14-,36-15-,42-39+,49-9+,51-38+,62-41+;. The fraction of sp³-hybridized carbons (Fsp3) is 0.411. The van der Waals surface area contributed by atoms with Gasteiger partial charge in [0, 0.05) is 94.4 Å². The van der Waals surface area contributed by atoms with Gasteiger partial charge in [-0.3, -0.25) is 4.99 Å². The highest BCUT2D eigenvalue weighted by molar-refractivity contribution is 6.32. The molecule has 0 aromatic heterocycles. The molecule has 5 aliphatic heterocycles. The largest absolute Gasteiger partial charge is 0.459 e. The quantitative estimate of drug-likeness (QED) is 0.123. The predicted molar refractivity (Wildman–Crippen MR) is 344 cm³/mol. The van der Waals surface area contributed by atoms with Crippen LogP contribution in [0.25, 0.3) is 21.5 Å². The van der Waals surface area contributed by atoms with Crippen molar-refractivity contribution >= 4 is 62.1 Å². The Labute approximate surface area is 484 Å². The summed E-state index contributed by atoms with van der Waals surface area (Å²) in [4.78, 5) is 15.6. The van der Waals surface area contributed by atoms with Gasteiger partial charge in [0.05, 0.1) is 17.7 Å². The zero-order valence-electron chi connectivity index (χ0n) is 49.6. The molecule has 5 aromatic rings. The average Bonchev–Trinajstić information content (AvgIpc) is 4.13. The first kappa shape index (κ1) is 55.4. The van der Waals surface area contributed by atoms with Crippen molar-refractivity contribution in [3.63, 3.8) is 0 Å². The predicted octanol–water partition coefficient (Wildman–Crippen LogP) is 19.1. The minimum atomic E-state index is -0.755. The van der Waals surface area contributed by atoms with Crippen LogP contribution in [0.2, 0.25) is 0 Å². The number of hydrogen-bond acceptors (Lipinski definition) is 6. The van der Waals surface area contributed by atoms with E-state index >= 15 is 0 Å². The number of benzene rings is 5. The summed E-state index contributed by atoms with van der Waals surface area (Å²) in [5.74, 6) is 0.890. The number of anilines is 3. The summed E-state index contributed by atoms with van der Waals surface area (Å²) in [7, 11) is 2.22. The molecule has 80 heavy (non-hydrogen) atoms. The SMILES string of the molecule is C/C=C1\C=C/C/C=C\C2=C1C(C)(C)/C(=C\C=C1/CCCC(/C=C/C3N(CCCCCCN4c5ccccc5C(C)(C)C45C=Nc4c(cc(N6CCCCC6)c6ccccc46)O5)c4ccc5ccccc5c4C3(C)C)=C1Cl)N2C.CC. The van der Waals surface area contributed by atoms with Gasteiger partial charge in [-0.15, -0.1) is 0 Å². The van der Waals surface area contributed by atoms with Gasteiger partial charge in [-0.2, -0.15) is 0 Å². The summed E-state index contributed by atoms with van der Waals surface area (Å²) in [6, 6.07) is 33.9. The maximum Gasteiger partial charge on any atom is 0.228 e. The van der Waals surface area contributed by atoms with Crippen molar-refractivity contribution in [2.24, 2.45) is 10.4 Å². The maximum atomic E-state index is 7.54. The number of fused-ring (bicyclic) bond motifs is 7. The van der Waals surface area contributed by atoms with Crippen molar-refractivity contribution in [1.29, 1.82) is 0 Å². The Morgan fingerprint density at radius 3 is 2.23 bits per heavy atom. The van der Waals surface area contributed by atoms with Crippen LogP contribution in [0.15, 0.2) is 189 Å². The van der Waals surface area contributed by atoms with Crippen molar-refractivity contribution in [3.8, 4) is 5.75 Å². The third-order valence-corrected chi connectivity index (χ3v) is 19.5. The number of rotatable bonds is 11. The topological polar surface area (TPSA) is 34.5 Å². The summed E-state index contributed by atoms with van der Waals surface area (Å²) in [6.07, 6.45) is 35.2. The molecule has 2 unspecified atom stereocenters. The van der Waals surface area contributed by atoms with Crippen LogP contribution in [0.1, 0.15) is 144 Å². The van der Waals surface area contributed by atoms with Crippen LogP contribution in [-0.4, -0.2) is 56.1 Å². The number of para-hydroxylation sites is 1. The number of halogens is 1. The van der Waals surface area contributed by atoms with Gasteiger partial charge in [0.1, 0.15) is 5.69 Å². The van der Waals surface area contributed by atoms with Gasteiger partial charge in [-0.1, -0.05) is 181 Å². The van der Waals surface area contributed by atoms with Crippen LogP contribution in [-0.2, 0) is 10.8 Å². The minimum absolute atomic E-state index is 0.124. The molecule has 0 saturated carbocycles. The fourth-order valence-corrected chi connectivity index (χ4v) is 15.2. The van der Waals surface area contributed by atoms with Crippen molar-refractivity contribution in [3.05, 3.63) is 196 Å². The van der Waals surface area contributed by atoms with Crippen LogP contribution in [0.4, 0.5) is 22.7 Å². The molecule has 2 atom stereocenters. The van der Waals surface area contributed by atoms with Crippen LogP contribution in [0, 0.1) is 5.41 Å². The van der Waals surface area contributed by atoms with E-state index in [1.54, 1.807) is 0 Å². The molecule has 1 saturated heterocycles. The Bertz CT molecular complexity index is 3480. The average molecular weight is 1080 g/mol. The molecule has 12 rings (SSSR count). The number of nitrogens with zero attached hydrogens (tertiary/aromatic N) is 5. The third-order valence-electron chi connectivity index (χ3n) is 19.0.